The van der Waals surface area contributed by atoms with Crippen molar-refractivity contribution in [2.24, 2.45) is 5.92 Å². The Balaban J connectivity index is 2.30. The summed E-state index contributed by atoms with van der Waals surface area (Å²) in [5.74, 6) is -0.499. The van der Waals surface area contributed by atoms with Gasteiger partial charge < -0.3 is 15.2 Å². The van der Waals surface area contributed by atoms with Crippen LogP contribution in [-0.2, 0) is 9.53 Å². The first-order chi connectivity index (χ1) is 10.6. The molecule has 0 bridgehead atoms. The molecule has 2 rings (SSSR count). The van der Waals surface area contributed by atoms with E-state index in [-0.39, 0.29) is 23.7 Å². The highest BCUT2D eigenvalue weighted by molar-refractivity contribution is 5.74. The predicted octanol–water partition coefficient (Wildman–Crippen LogP) is 3.74. The van der Waals surface area contributed by atoms with Crippen LogP contribution >= 0.6 is 0 Å². The highest BCUT2D eigenvalue weighted by Crippen LogP contribution is 2.31. The van der Waals surface area contributed by atoms with Crippen LogP contribution in [0.2, 0.25) is 0 Å². The fourth-order valence-corrected chi connectivity index (χ4v) is 2.33. The summed E-state index contributed by atoms with van der Waals surface area (Å²) >= 11 is 0. The maximum atomic E-state index is 12.1. The van der Waals surface area contributed by atoms with Crippen molar-refractivity contribution in [3.63, 3.8) is 0 Å². The number of phenolic OH excluding ortho intramolecular Hbond substituents is 1. The Labute approximate surface area is 130 Å². The Morgan fingerprint density at radius 1 is 1.14 bits per heavy atom. The van der Waals surface area contributed by atoms with E-state index in [4.69, 9.17) is 4.74 Å². The highest BCUT2D eigenvalue weighted by atomic mass is 16.5. The number of ether oxygens (including phenoxy) is 1. The third kappa shape index (κ3) is 3.79. The van der Waals surface area contributed by atoms with Gasteiger partial charge in [-0.2, -0.15) is 0 Å². The van der Waals surface area contributed by atoms with Gasteiger partial charge in [-0.05, 0) is 31.5 Å². The first-order valence-electron chi connectivity index (χ1n) is 7.39. The molecule has 2 aromatic carbocycles. The maximum absolute atomic E-state index is 12.1. The molecule has 2 atom stereocenters. The van der Waals surface area contributed by atoms with Gasteiger partial charge in [-0.25, -0.2) is 0 Å². The summed E-state index contributed by atoms with van der Waals surface area (Å²) in [6.45, 7) is 3.96. The van der Waals surface area contributed by atoms with E-state index >= 15 is 0 Å². The second-order valence-corrected chi connectivity index (χ2v) is 5.09. The van der Waals surface area contributed by atoms with Gasteiger partial charge in [0.2, 0.25) is 0 Å². The summed E-state index contributed by atoms with van der Waals surface area (Å²) in [7, 11) is 0. The summed E-state index contributed by atoms with van der Waals surface area (Å²) in [4.78, 5) is 12.1. The van der Waals surface area contributed by atoms with Crippen molar-refractivity contribution in [2.75, 3.05) is 11.9 Å². The highest BCUT2D eigenvalue weighted by Gasteiger charge is 2.27. The number of rotatable bonds is 6. The molecule has 2 N–H and O–H groups in total. The molecule has 116 valence electrons. The molecule has 0 heterocycles. The SMILES string of the molecule is CCOC(=O)[C@@H](C)C(Nc1ccccc1O)c1ccccc1. The number of carbonyl (C=O) groups excluding carboxylic acids is 1. The molecule has 2 aromatic rings. The Hall–Kier alpha value is -2.49. The van der Waals surface area contributed by atoms with Crippen molar-refractivity contribution < 1.29 is 14.6 Å². The van der Waals surface area contributed by atoms with Crippen LogP contribution in [0.5, 0.6) is 5.75 Å². The number of hydrogen-bond donors (Lipinski definition) is 2. The van der Waals surface area contributed by atoms with E-state index in [0.717, 1.165) is 5.56 Å². The first kappa shape index (κ1) is 15.9. The predicted molar refractivity (Wildman–Crippen MR) is 86.7 cm³/mol. The van der Waals surface area contributed by atoms with Crippen LogP contribution in [0.4, 0.5) is 5.69 Å². The topological polar surface area (TPSA) is 58.6 Å². The van der Waals surface area contributed by atoms with E-state index in [1.165, 1.54) is 0 Å². The van der Waals surface area contributed by atoms with Gasteiger partial charge in [0.05, 0.1) is 24.3 Å². The second kappa shape index (κ2) is 7.50. The number of esters is 1. The average Bonchev–Trinajstić information content (AvgIpc) is 2.54. The quantitative estimate of drug-likeness (QED) is 0.630. The molecule has 1 unspecified atom stereocenters. The molecule has 0 aliphatic heterocycles. The molecule has 0 aromatic heterocycles. The van der Waals surface area contributed by atoms with Gasteiger partial charge in [-0.1, -0.05) is 42.5 Å². The lowest BCUT2D eigenvalue weighted by molar-refractivity contribution is -0.147. The van der Waals surface area contributed by atoms with E-state index < -0.39 is 0 Å². The molecule has 0 saturated carbocycles. The summed E-state index contributed by atoms with van der Waals surface area (Å²) in [5.41, 5.74) is 1.55. The molecule has 0 saturated heterocycles. The normalized spacial score (nSPS) is 13.2. The summed E-state index contributed by atoms with van der Waals surface area (Å²) in [5, 5.41) is 13.2. The van der Waals surface area contributed by atoms with Crippen molar-refractivity contribution in [2.45, 2.75) is 19.9 Å². The fraction of sp³-hybridized carbons (Fsp3) is 0.278. The number of anilines is 1. The van der Waals surface area contributed by atoms with Gasteiger partial charge in [0, 0.05) is 0 Å². The zero-order valence-electron chi connectivity index (χ0n) is 12.8. The largest absolute Gasteiger partial charge is 0.506 e. The number of carbonyl (C=O) groups is 1. The molecule has 0 spiro atoms. The molecule has 22 heavy (non-hydrogen) atoms. The zero-order valence-corrected chi connectivity index (χ0v) is 12.8. The number of aromatic hydroxyl groups is 1. The average molecular weight is 299 g/mol. The molecule has 0 fully saturated rings. The summed E-state index contributed by atoms with van der Waals surface area (Å²) in [6.07, 6.45) is 0. The standard InChI is InChI=1S/C18H21NO3/c1-3-22-18(21)13(2)17(14-9-5-4-6-10-14)19-15-11-7-8-12-16(15)20/h4-13,17,19-20H,3H2,1-2H3/t13-,17?/m0/s1. The Morgan fingerprint density at radius 2 is 1.77 bits per heavy atom. The summed E-state index contributed by atoms with van der Waals surface area (Å²) in [6, 6.07) is 16.4. The maximum Gasteiger partial charge on any atom is 0.311 e. The first-order valence-corrected chi connectivity index (χ1v) is 7.39. The molecule has 4 nitrogen and oxygen atoms in total. The van der Waals surface area contributed by atoms with Gasteiger partial charge in [0.15, 0.2) is 0 Å². The van der Waals surface area contributed by atoms with Crippen molar-refractivity contribution in [1.29, 1.82) is 0 Å². The minimum atomic E-state index is -0.387. The van der Waals surface area contributed by atoms with Gasteiger partial charge in [-0.3, -0.25) is 4.79 Å². The lowest BCUT2D eigenvalue weighted by Gasteiger charge is -2.25. The summed E-state index contributed by atoms with van der Waals surface area (Å²) < 4.78 is 5.13. The van der Waals surface area contributed by atoms with Crippen molar-refractivity contribution in [3.05, 3.63) is 60.2 Å². The third-order valence-electron chi connectivity index (χ3n) is 3.53. The molecule has 4 heteroatoms. The van der Waals surface area contributed by atoms with Crippen LogP contribution in [0.3, 0.4) is 0 Å². The number of phenols is 1. The van der Waals surface area contributed by atoms with Gasteiger partial charge in [0.25, 0.3) is 0 Å². The molecule has 0 radical (unpaired) electrons. The van der Waals surface area contributed by atoms with Gasteiger partial charge >= 0.3 is 5.97 Å². The lowest BCUT2D eigenvalue weighted by atomic mass is 9.94. The minimum Gasteiger partial charge on any atom is -0.506 e. The zero-order chi connectivity index (χ0) is 15.9. The monoisotopic (exact) mass is 299 g/mol. The molecule has 0 amide bonds. The lowest BCUT2D eigenvalue weighted by Crippen LogP contribution is -2.27. The van der Waals surface area contributed by atoms with Crippen molar-refractivity contribution in [1.82, 2.24) is 0 Å². The number of para-hydroxylation sites is 2. The molecular formula is C18H21NO3. The second-order valence-electron chi connectivity index (χ2n) is 5.09. The van der Waals surface area contributed by atoms with Gasteiger partial charge in [-0.15, -0.1) is 0 Å². The number of hydrogen-bond acceptors (Lipinski definition) is 4. The smallest absolute Gasteiger partial charge is 0.311 e. The van der Waals surface area contributed by atoms with E-state index in [0.29, 0.717) is 12.3 Å². The Bertz CT molecular complexity index is 613. The van der Waals surface area contributed by atoms with E-state index in [1.54, 1.807) is 25.1 Å². The van der Waals surface area contributed by atoms with Crippen LogP contribution in [0.15, 0.2) is 54.6 Å². The molecule has 0 aliphatic carbocycles. The third-order valence-corrected chi connectivity index (χ3v) is 3.53. The van der Waals surface area contributed by atoms with Crippen LogP contribution in [0.25, 0.3) is 0 Å². The Morgan fingerprint density at radius 3 is 2.41 bits per heavy atom. The van der Waals surface area contributed by atoms with Gasteiger partial charge in [0.1, 0.15) is 5.75 Å². The van der Waals surface area contributed by atoms with E-state index in [2.05, 4.69) is 5.32 Å². The Kier molecular flexibility index (Phi) is 5.42. The number of benzene rings is 2. The van der Waals surface area contributed by atoms with E-state index in [1.807, 2.05) is 43.3 Å². The minimum absolute atomic E-state index is 0.152. The van der Waals surface area contributed by atoms with Crippen LogP contribution < -0.4 is 5.32 Å². The molecular weight excluding hydrogens is 278 g/mol. The molecule has 0 aliphatic rings. The van der Waals surface area contributed by atoms with Crippen molar-refractivity contribution >= 4 is 11.7 Å². The van der Waals surface area contributed by atoms with Crippen molar-refractivity contribution in [3.8, 4) is 5.75 Å². The fourth-order valence-electron chi connectivity index (χ4n) is 2.33. The number of nitrogens with one attached hydrogen (secondary N) is 1. The van der Waals surface area contributed by atoms with Crippen LogP contribution in [0.1, 0.15) is 25.5 Å². The van der Waals surface area contributed by atoms with Crippen LogP contribution in [-0.4, -0.2) is 17.7 Å². The van der Waals surface area contributed by atoms with Crippen LogP contribution in [0, 0.1) is 5.92 Å². The van der Waals surface area contributed by atoms with E-state index in [9.17, 15) is 9.90 Å².